The summed E-state index contributed by atoms with van der Waals surface area (Å²) in [4.78, 5) is 2.48. The van der Waals surface area contributed by atoms with Crippen molar-refractivity contribution < 1.29 is 0 Å². The van der Waals surface area contributed by atoms with E-state index in [1.165, 1.54) is 19.3 Å². The van der Waals surface area contributed by atoms with Gasteiger partial charge < -0.3 is 4.90 Å². The summed E-state index contributed by atoms with van der Waals surface area (Å²) >= 11 is 0. The van der Waals surface area contributed by atoms with E-state index < -0.39 is 0 Å². The fraction of sp³-hybridized carbons (Fsp3) is 0.818. The first-order valence-electron chi connectivity index (χ1n) is 5.21. The van der Waals surface area contributed by atoms with Gasteiger partial charge in [0.05, 0.1) is 0 Å². The molecule has 0 bridgehead atoms. The summed E-state index contributed by atoms with van der Waals surface area (Å²) in [6.45, 7) is 9.15. The predicted octanol–water partition coefficient (Wildman–Crippen LogP) is 3.03. The van der Waals surface area contributed by atoms with Gasteiger partial charge in [0.25, 0.3) is 0 Å². The van der Waals surface area contributed by atoms with Crippen molar-refractivity contribution in [2.24, 2.45) is 5.92 Å². The van der Waals surface area contributed by atoms with E-state index in [9.17, 15) is 0 Å². The molecule has 1 nitrogen and oxygen atoms in total. The van der Waals surface area contributed by atoms with Crippen LogP contribution in [-0.2, 0) is 0 Å². The van der Waals surface area contributed by atoms with Crippen molar-refractivity contribution in [3.8, 4) is 0 Å². The molecule has 0 aromatic rings. The topological polar surface area (TPSA) is 3.24 Å². The molecule has 0 radical (unpaired) electrons. The van der Waals surface area contributed by atoms with Crippen LogP contribution in [-0.4, -0.2) is 18.0 Å². The molecule has 70 valence electrons. The van der Waals surface area contributed by atoms with Gasteiger partial charge in [-0.25, -0.2) is 0 Å². The first-order valence-corrected chi connectivity index (χ1v) is 5.21. The second-order valence-electron chi connectivity index (χ2n) is 3.75. The lowest BCUT2D eigenvalue weighted by Crippen LogP contribution is -2.24. The molecule has 1 aliphatic rings. The minimum atomic E-state index is 0.907. The van der Waals surface area contributed by atoms with E-state index in [-0.39, 0.29) is 0 Å². The molecule has 0 heterocycles. The maximum atomic E-state index is 2.48. The van der Waals surface area contributed by atoms with Crippen molar-refractivity contribution in [2.45, 2.75) is 40.0 Å². The fourth-order valence-corrected chi connectivity index (χ4v) is 1.87. The van der Waals surface area contributed by atoms with Crippen molar-refractivity contribution in [1.82, 2.24) is 4.90 Å². The Labute approximate surface area is 76.5 Å². The molecule has 1 rings (SSSR count). The van der Waals surface area contributed by atoms with Crippen molar-refractivity contribution in [1.29, 1.82) is 0 Å². The van der Waals surface area contributed by atoms with E-state index in [0.29, 0.717) is 0 Å². The summed E-state index contributed by atoms with van der Waals surface area (Å²) in [6, 6.07) is 0. The van der Waals surface area contributed by atoms with Crippen LogP contribution in [0.3, 0.4) is 0 Å². The standard InChI is InChI=1S/C11H21N/c1-4-12(5-2)11-8-6-10(3)7-9-11/h8,10H,4-7,9H2,1-3H3. The highest BCUT2D eigenvalue weighted by atomic mass is 15.1. The van der Waals surface area contributed by atoms with Gasteiger partial charge in [-0.2, -0.15) is 0 Å². The average molecular weight is 167 g/mol. The Morgan fingerprint density at radius 3 is 2.50 bits per heavy atom. The van der Waals surface area contributed by atoms with Gasteiger partial charge in [-0.1, -0.05) is 13.0 Å². The molecule has 0 fully saturated rings. The van der Waals surface area contributed by atoms with Crippen LogP contribution in [0.15, 0.2) is 11.8 Å². The third-order valence-corrected chi connectivity index (χ3v) is 2.82. The largest absolute Gasteiger partial charge is 0.376 e. The summed E-state index contributed by atoms with van der Waals surface area (Å²) in [5.74, 6) is 0.907. The van der Waals surface area contributed by atoms with E-state index in [1.54, 1.807) is 5.70 Å². The van der Waals surface area contributed by atoms with Gasteiger partial charge in [0.1, 0.15) is 0 Å². The van der Waals surface area contributed by atoms with E-state index in [1.807, 2.05) is 0 Å². The molecule has 1 atom stereocenters. The van der Waals surface area contributed by atoms with E-state index in [0.717, 1.165) is 19.0 Å². The Bertz CT molecular complexity index is 156. The number of nitrogens with zero attached hydrogens (tertiary/aromatic N) is 1. The molecule has 12 heavy (non-hydrogen) atoms. The fourth-order valence-electron chi connectivity index (χ4n) is 1.87. The Kier molecular flexibility index (Phi) is 3.64. The second kappa shape index (κ2) is 4.54. The maximum Gasteiger partial charge on any atom is 0.0146 e. The highest BCUT2D eigenvalue weighted by Gasteiger charge is 2.12. The van der Waals surface area contributed by atoms with Crippen molar-refractivity contribution in [3.63, 3.8) is 0 Å². The molecule has 0 saturated carbocycles. The van der Waals surface area contributed by atoms with Crippen molar-refractivity contribution in [2.75, 3.05) is 13.1 Å². The predicted molar refractivity (Wildman–Crippen MR) is 54.0 cm³/mol. The zero-order chi connectivity index (χ0) is 8.97. The Balaban J connectivity index is 2.50. The summed E-state index contributed by atoms with van der Waals surface area (Å²) in [7, 11) is 0. The third-order valence-electron chi connectivity index (χ3n) is 2.82. The number of hydrogen-bond donors (Lipinski definition) is 0. The molecule has 0 spiro atoms. The lowest BCUT2D eigenvalue weighted by atomic mass is 9.94. The Morgan fingerprint density at radius 2 is 2.08 bits per heavy atom. The van der Waals surface area contributed by atoms with Gasteiger partial charge in [0, 0.05) is 18.8 Å². The quantitative estimate of drug-likeness (QED) is 0.624. The Hall–Kier alpha value is -0.460. The van der Waals surface area contributed by atoms with Crippen LogP contribution in [0.4, 0.5) is 0 Å². The van der Waals surface area contributed by atoms with E-state index in [4.69, 9.17) is 0 Å². The van der Waals surface area contributed by atoms with Gasteiger partial charge >= 0.3 is 0 Å². The van der Waals surface area contributed by atoms with Crippen LogP contribution in [0.1, 0.15) is 40.0 Å². The van der Waals surface area contributed by atoms with Crippen molar-refractivity contribution >= 4 is 0 Å². The molecule has 0 N–H and O–H groups in total. The molecule has 1 unspecified atom stereocenters. The van der Waals surface area contributed by atoms with Crippen LogP contribution in [0.2, 0.25) is 0 Å². The van der Waals surface area contributed by atoms with Crippen LogP contribution >= 0.6 is 0 Å². The molecular weight excluding hydrogens is 146 g/mol. The monoisotopic (exact) mass is 167 g/mol. The zero-order valence-electron chi connectivity index (χ0n) is 8.64. The number of hydrogen-bond acceptors (Lipinski definition) is 1. The second-order valence-corrected chi connectivity index (χ2v) is 3.75. The van der Waals surface area contributed by atoms with Crippen LogP contribution in [0.5, 0.6) is 0 Å². The molecule has 0 saturated heterocycles. The SMILES string of the molecule is CCN(CC)C1=CCC(C)CC1. The first kappa shape index (κ1) is 9.63. The van der Waals surface area contributed by atoms with Gasteiger partial charge in [-0.15, -0.1) is 0 Å². The van der Waals surface area contributed by atoms with Crippen LogP contribution in [0, 0.1) is 5.92 Å². The Morgan fingerprint density at radius 1 is 1.42 bits per heavy atom. The molecule has 0 aromatic carbocycles. The van der Waals surface area contributed by atoms with Gasteiger partial charge in [-0.05, 0) is 39.0 Å². The number of allylic oxidation sites excluding steroid dienone is 2. The van der Waals surface area contributed by atoms with Gasteiger partial charge in [0.2, 0.25) is 0 Å². The highest BCUT2D eigenvalue weighted by Crippen LogP contribution is 2.24. The summed E-state index contributed by atoms with van der Waals surface area (Å²) in [5.41, 5.74) is 1.58. The molecule has 1 heteroatoms. The highest BCUT2D eigenvalue weighted by molar-refractivity contribution is 5.05. The summed E-state index contributed by atoms with van der Waals surface area (Å²) in [5, 5.41) is 0. The zero-order valence-corrected chi connectivity index (χ0v) is 8.64. The molecule has 1 aliphatic carbocycles. The lowest BCUT2D eigenvalue weighted by Gasteiger charge is -2.28. The minimum absolute atomic E-state index is 0.907. The molecule has 0 aliphatic heterocycles. The van der Waals surface area contributed by atoms with Crippen LogP contribution < -0.4 is 0 Å². The van der Waals surface area contributed by atoms with Gasteiger partial charge in [0.15, 0.2) is 0 Å². The normalized spacial score (nSPS) is 23.6. The average Bonchev–Trinajstić information content (AvgIpc) is 2.10. The lowest BCUT2D eigenvalue weighted by molar-refractivity contribution is 0.339. The van der Waals surface area contributed by atoms with E-state index in [2.05, 4.69) is 31.7 Å². The number of rotatable bonds is 3. The maximum absolute atomic E-state index is 2.48. The summed E-state index contributed by atoms with van der Waals surface area (Å²) < 4.78 is 0. The molecule has 0 aromatic heterocycles. The van der Waals surface area contributed by atoms with Crippen molar-refractivity contribution in [3.05, 3.63) is 11.8 Å². The van der Waals surface area contributed by atoms with E-state index >= 15 is 0 Å². The first-order chi connectivity index (χ1) is 5.77. The molecular formula is C11H21N. The van der Waals surface area contributed by atoms with Crippen LogP contribution in [0.25, 0.3) is 0 Å². The minimum Gasteiger partial charge on any atom is -0.376 e. The smallest absolute Gasteiger partial charge is 0.0146 e. The summed E-state index contributed by atoms with van der Waals surface area (Å²) in [6.07, 6.45) is 6.39. The van der Waals surface area contributed by atoms with Gasteiger partial charge in [-0.3, -0.25) is 0 Å². The third kappa shape index (κ3) is 2.26. The molecule has 0 amide bonds.